The highest BCUT2D eigenvalue weighted by Gasteiger charge is 2.49. The first-order chi connectivity index (χ1) is 21.4. The number of alkyl halides is 1. The maximum atomic E-state index is 16.5. The summed E-state index contributed by atoms with van der Waals surface area (Å²) >= 11 is 6.57. The standard InChI is InChI=1S/C33H33ClF2N6O2/c1-2-26(43)42-14-5-9-22(42)16-38-31-24-17-37-29(23-10-3-7-20-8-4-11-25(34)27(20)23)28(36)30(24)39-32(40-31)44-19-33-12-6-13-41(33)18-21(35)15-33/h2-4,7-8,10-11,17,21-22H,1,5-6,9,12-16,18-19H2,(H,38,39,40)/t21-,22?,33+/m1/s1. The van der Waals surface area contributed by atoms with Crippen LogP contribution in [0, 0.1) is 5.82 Å². The van der Waals surface area contributed by atoms with Crippen LogP contribution in [0.2, 0.25) is 5.02 Å². The number of nitrogens with zero attached hydrogens (tertiary/aromatic N) is 5. The number of ether oxygens (including phenoxy) is 1. The van der Waals surface area contributed by atoms with Gasteiger partial charge in [0.05, 0.1) is 10.9 Å². The Hall–Kier alpha value is -3.89. The van der Waals surface area contributed by atoms with Gasteiger partial charge in [0.25, 0.3) is 0 Å². The number of amides is 1. The molecule has 11 heteroatoms. The highest BCUT2D eigenvalue weighted by Crippen LogP contribution is 2.41. The molecule has 3 fully saturated rings. The lowest BCUT2D eigenvalue weighted by Crippen LogP contribution is -2.43. The van der Waals surface area contributed by atoms with E-state index in [2.05, 4.69) is 31.7 Å². The summed E-state index contributed by atoms with van der Waals surface area (Å²) in [6, 6.07) is 11.0. The molecule has 8 nitrogen and oxygen atoms in total. The Kier molecular flexibility index (Phi) is 7.58. The SMILES string of the molecule is C=CC(=O)N1CCCC1CNc1nc(OC[C@@]23CCCN2C[C@H](F)C3)nc2c(F)c(-c3cccc4cccc(Cl)c34)ncc12. The number of benzene rings is 2. The van der Waals surface area contributed by atoms with Crippen LogP contribution in [0.15, 0.2) is 55.3 Å². The number of anilines is 1. The van der Waals surface area contributed by atoms with Gasteiger partial charge in [0, 0.05) is 54.3 Å². The fraction of sp³-hybridized carbons (Fsp3) is 0.394. The Bertz CT molecular complexity index is 1770. The van der Waals surface area contributed by atoms with Gasteiger partial charge in [-0.15, -0.1) is 0 Å². The lowest BCUT2D eigenvalue weighted by atomic mass is 9.95. The number of rotatable bonds is 8. The number of likely N-dealkylation sites (tertiary alicyclic amines) is 1. The van der Waals surface area contributed by atoms with E-state index in [0.717, 1.165) is 37.6 Å². The van der Waals surface area contributed by atoms with Crippen molar-refractivity contribution in [2.45, 2.75) is 49.9 Å². The maximum Gasteiger partial charge on any atom is 0.319 e. The van der Waals surface area contributed by atoms with Gasteiger partial charge in [0.1, 0.15) is 29.8 Å². The summed E-state index contributed by atoms with van der Waals surface area (Å²) in [6.45, 7) is 6.10. The fourth-order valence-corrected chi connectivity index (χ4v) is 7.52. The Morgan fingerprint density at radius 2 is 2.05 bits per heavy atom. The summed E-state index contributed by atoms with van der Waals surface area (Å²) in [5.74, 6) is -0.396. The van der Waals surface area contributed by atoms with Crippen LogP contribution in [0.3, 0.4) is 0 Å². The van der Waals surface area contributed by atoms with E-state index in [1.165, 1.54) is 6.08 Å². The first-order valence-corrected chi connectivity index (χ1v) is 15.5. The molecule has 3 aliphatic heterocycles. The second-order valence-electron chi connectivity index (χ2n) is 12.0. The molecule has 7 rings (SSSR count). The smallest absolute Gasteiger partial charge is 0.319 e. The number of nitrogens with one attached hydrogen (secondary N) is 1. The zero-order chi connectivity index (χ0) is 30.4. The number of hydrogen-bond acceptors (Lipinski definition) is 7. The first-order valence-electron chi connectivity index (χ1n) is 15.1. The van der Waals surface area contributed by atoms with Crippen LogP contribution >= 0.6 is 11.6 Å². The first kappa shape index (κ1) is 28.9. The number of pyridine rings is 1. The number of hydrogen-bond donors (Lipinski definition) is 1. The van der Waals surface area contributed by atoms with Gasteiger partial charge in [-0.05, 0) is 49.8 Å². The minimum absolute atomic E-state index is 0.000909. The van der Waals surface area contributed by atoms with Gasteiger partial charge >= 0.3 is 6.01 Å². The molecule has 44 heavy (non-hydrogen) atoms. The number of carbonyl (C=O) groups is 1. The Labute approximate surface area is 259 Å². The van der Waals surface area contributed by atoms with Gasteiger partial charge in [-0.3, -0.25) is 14.7 Å². The van der Waals surface area contributed by atoms with Crippen LogP contribution < -0.4 is 10.1 Å². The second kappa shape index (κ2) is 11.6. The molecule has 3 atom stereocenters. The topological polar surface area (TPSA) is 83.5 Å². The van der Waals surface area contributed by atoms with Crippen molar-refractivity contribution >= 4 is 45.0 Å². The van der Waals surface area contributed by atoms with E-state index in [9.17, 15) is 9.18 Å². The van der Waals surface area contributed by atoms with E-state index >= 15 is 4.39 Å². The van der Waals surface area contributed by atoms with Crippen molar-refractivity contribution < 1.29 is 18.3 Å². The van der Waals surface area contributed by atoms with Crippen molar-refractivity contribution in [1.29, 1.82) is 0 Å². The van der Waals surface area contributed by atoms with Crippen molar-refractivity contribution in [3.05, 3.63) is 66.1 Å². The summed E-state index contributed by atoms with van der Waals surface area (Å²) in [5.41, 5.74) is 0.296. The normalized spacial score (nSPS) is 23.4. The summed E-state index contributed by atoms with van der Waals surface area (Å²) in [4.78, 5) is 30.0. The van der Waals surface area contributed by atoms with Gasteiger partial charge in [-0.1, -0.05) is 48.5 Å². The average Bonchev–Trinajstić information content (AvgIpc) is 3.73. The summed E-state index contributed by atoms with van der Waals surface area (Å²) in [5, 5.41) is 5.76. The largest absolute Gasteiger partial charge is 0.461 e. The van der Waals surface area contributed by atoms with Gasteiger partial charge in [0.2, 0.25) is 5.91 Å². The zero-order valence-corrected chi connectivity index (χ0v) is 25.0. The predicted octanol–water partition coefficient (Wildman–Crippen LogP) is 6.18. The summed E-state index contributed by atoms with van der Waals surface area (Å²) in [6.07, 6.45) is 5.86. The molecule has 4 aromatic rings. The number of aromatic nitrogens is 3. The third-order valence-electron chi connectivity index (χ3n) is 9.34. The van der Waals surface area contributed by atoms with Crippen LogP contribution in [-0.2, 0) is 4.79 Å². The Balaban J connectivity index is 1.28. The molecule has 3 saturated heterocycles. The number of fused-ring (bicyclic) bond motifs is 3. The highest BCUT2D eigenvalue weighted by molar-refractivity contribution is 6.36. The van der Waals surface area contributed by atoms with E-state index in [-0.39, 0.29) is 35.8 Å². The molecule has 0 spiro atoms. The maximum absolute atomic E-state index is 16.5. The lowest BCUT2D eigenvalue weighted by molar-refractivity contribution is -0.126. The van der Waals surface area contributed by atoms with Gasteiger partial charge in [0.15, 0.2) is 5.82 Å². The molecular formula is C33H33ClF2N6O2. The van der Waals surface area contributed by atoms with Crippen LogP contribution in [-0.4, -0.2) is 81.2 Å². The van der Waals surface area contributed by atoms with E-state index in [0.29, 0.717) is 53.2 Å². The third-order valence-corrected chi connectivity index (χ3v) is 9.66. The predicted molar refractivity (Wildman–Crippen MR) is 167 cm³/mol. The molecule has 0 aliphatic carbocycles. The van der Waals surface area contributed by atoms with E-state index in [4.69, 9.17) is 16.3 Å². The summed E-state index contributed by atoms with van der Waals surface area (Å²) < 4.78 is 37.1. The second-order valence-corrected chi connectivity index (χ2v) is 12.4. The van der Waals surface area contributed by atoms with Gasteiger partial charge in [-0.25, -0.2) is 8.78 Å². The van der Waals surface area contributed by atoms with E-state index in [1.54, 1.807) is 23.2 Å². The Morgan fingerprint density at radius 3 is 2.89 bits per heavy atom. The van der Waals surface area contributed by atoms with Crippen molar-refractivity contribution in [3.63, 3.8) is 0 Å². The third kappa shape index (κ3) is 5.03. The Morgan fingerprint density at radius 1 is 1.20 bits per heavy atom. The molecule has 1 amide bonds. The molecule has 228 valence electrons. The van der Waals surface area contributed by atoms with Gasteiger partial charge in [-0.2, -0.15) is 9.97 Å². The fourth-order valence-electron chi connectivity index (χ4n) is 7.23. The molecule has 0 bridgehead atoms. The lowest BCUT2D eigenvalue weighted by Gasteiger charge is -2.30. The number of halogens is 3. The molecule has 1 N–H and O–H groups in total. The molecule has 2 aromatic heterocycles. The van der Waals surface area contributed by atoms with Crippen molar-refractivity contribution in [2.75, 3.05) is 38.1 Å². The molecule has 3 aliphatic rings. The molecule has 0 radical (unpaired) electrons. The zero-order valence-electron chi connectivity index (χ0n) is 24.2. The molecule has 5 heterocycles. The molecule has 2 aromatic carbocycles. The van der Waals surface area contributed by atoms with Gasteiger partial charge < -0.3 is 15.0 Å². The van der Waals surface area contributed by atoms with Crippen LogP contribution in [0.4, 0.5) is 14.6 Å². The average molecular weight is 619 g/mol. The van der Waals surface area contributed by atoms with Crippen molar-refractivity contribution in [1.82, 2.24) is 24.8 Å². The van der Waals surface area contributed by atoms with E-state index in [1.807, 2.05) is 24.3 Å². The quantitative estimate of drug-likeness (QED) is 0.236. The highest BCUT2D eigenvalue weighted by atomic mass is 35.5. The minimum atomic E-state index is -0.903. The molecule has 1 unspecified atom stereocenters. The summed E-state index contributed by atoms with van der Waals surface area (Å²) in [7, 11) is 0. The molecular weight excluding hydrogens is 586 g/mol. The monoisotopic (exact) mass is 618 g/mol. The van der Waals surface area contributed by atoms with Crippen LogP contribution in [0.25, 0.3) is 32.9 Å². The number of carbonyl (C=O) groups excluding carboxylic acids is 1. The van der Waals surface area contributed by atoms with Crippen molar-refractivity contribution in [2.24, 2.45) is 0 Å². The molecule has 0 saturated carbocycles. The van der Waals surface area contributed by atoms with Crippen LogP contribution in [0.5, 0.6) is 6.01 Å². The van der Waals surface area contributed by atoms with Crippen LogP contribution in [0.1, 0.15) is 32.1 Å². The van der Waals surface area contributed by atoms with Crippen molar-refractivity contribution in [3.8, 4) is 17.3 Å². The minimum Gasteiger partial charge on any atom is -0.461 e. The van der Waals surface area contributed by atoms with E-state index < -0.39 is 17.5 Å².